The molecule has 244 valence electrons. The Morgan fingerprint density at radius 2 is 1.76 bits per heavy atom. The summed E-state index contributed by atoms with van der Waals surface area (Å²) in [5.74, 6) is -3.47. The second kappa shape index (κ2) is 13.3. The lowest BCUT2D eigenvalue weighted by Gasteiger charge is -2.45. The molecule has 2 fully saturated rings. The number of benzene rings is 2. The van der Waals surface area contributed by atoms with Gasteiger partial charge in [-0.25, -0.2) is 23.5 Å². The first kappa shape index (κ1) is 33.2. The van der Waals surface area contributed by atoms with Gasteiger partial charge in [-0.1, -0.05) is 17.7 Å². The average molecular weight is 666 g/mol. The number of rotatable bonds is 7. The highest BCUT2D eigenvalue weighted by Gasteiger charge is 2.57. The van der Waals surface area contributed by atoms with Crippen molar-refractivity contribution in [3.05, 3.63) is 88.5 Å². The summed E-state index contributed by atoms with van der Waals surface area (Å²) in [5.41, 5.74) is -2.60. The van der Waals surface area contributed by atoms with Crippen molar-refractivity contribution in [3.63, 3.8) is 0 Å². The summed E-state index contributed by atoms with van der Waals surface area (Å²) >= 11 is 5.94. The van der Waals surface area contributed by atoms with Crippen LogP contribution in [0.2, 0.25) is 5.02 Å². The maximum Gasteiger partial charge on any atom is 0.434 e. The molecule has 2 aromatic carbocycles. The van der Waals surface area contributed by atoms with Crippen LogP contribution in [0.5, 0.6) is 5.75 Å². The van der Waals surface area contributed by atoms with Crippen LogP contribution in [0.4, 0.5) is 26.7 Å². The predicted molar refractivity (Wildman–Crippen MR) is 155 cm³/mol. The lowest BCUT2D eigenvalue weighted by molar-refractivity contribution is -0.141. The Labute approximate surface area is 265 Å². The van der Waals surface area contributed by atoms with Crippen LogP contribution in [0.15, 0.2) is 54.9 Å². The summed E-state index contributed by atoms with van der Waals surface area (Å²) in [7, 11) is 0. The summed E-state index contributed by atoms with van der Waals surface area (Å²) in [5, 5.41) is 3.08. The van der Waals surface area contributed by atoms with Crippen LogP contribution in [-0.4, -0.2) is 75.8 Å². The van der Waals surface area contributed by atoms with Crippen LogP contribution >= 0.6 is 11.6 Å². The third kappa shape index (κ3) is 6.54. The molecule has 15 heteroatoms. The maximum atomic E-state index is 14.7. The number of aromatic nitrogens is 2. The smallest absolute Gasteiger partial charge is 0.410 e. The topological polar surface area (TPSA) is 105 Å². The number of ketones is 1. The maximum absolute atomic E-state index is 14.7. The molecule has 46 heavy (non-hydrogen) atoms. The van der Waals surface area contributed by atoms with Crippen molar-refractivity contribution in [2.45, 2.75) is 37.4 Å². The number of likely N-dealkylation sites (N-methyl/N-ethyl adjacent to an activating group) is 1. The van der Waals surface area contributed by atoms with Gasteiger partial charge in [0.25, 0.3) is 5.91 Å². The minimum absolute atomic E-state index is 0.0212. The number of nitrogens with one attached hydrogen (secondary N) is 1. The number of nitrogens with zero attached hydrogens (tertiary/aromatic N) is 4. The summed E-state index contributed by atoms with van der Waals surface area (Å²) in [6.07, 6.45) is -3.93. The zero-order chi connectivity index (χ0) is 33.2. The van der Waals surface area contributed by atoms with Crippen molar-refractivity contribution in [3.8, 4) is 5.75 Å². The first-order valence-corrected chi connectivity index (χ1v) is 14.9. The van der Waals surface area contributed by atoms with E-state index in [1.165, 1.54) is 34.1 Å². The molecule has 3 heterocycles. The van der Waals surface area contributed by atoms with E-state index in [0.717, 1.165) is 18.3 Å². The first-order chi connectivity index (χ1) is 21.8. The van der Waals surface area contributed by atoms with Crippen molar-refractivity contribution in [1.29, 1.82) is 0 Å². The largest absolute Gasteiger partial charge is 0.434 e. The molecule has 2 atom stereocenters. The predicted octanol–water partition coefficient (Wildman–Crippen LogP) is 5.50. The number of carbonyl (C=O) groups excluding carboxylic acids is 3. The fraction of sp³-hybridized carbons (Fsp3) is 0.387. The molecule has 0 aliphatic carbocycles. The number of likely N-dealkylation sites (tertiary alicyclic amines) is 1. The molecule has 0 radical (unpaired) electrons. The Bertz CT molecular complexity index is 1600. The zero-order valence-electron chi connectivity index (χ0n) is 24.5. The lowest BCUT2D eigenvalue weighted by Crippen LogP contribution is -2.64. The average Bonchev–Trinajstić information content (AvgIpc) is 3.48. The van der Waals surface area contributed by atoms with Crippen molar-refractivity contribution in [2.75, 3.05) is 32.7 Å². The molecule has 1 aromatic heterocycles. The number of Topliss-reactive ketones (excluding diaryl/α,β-unsaturated/α-hetero) is 1. The molecule has 0 bridgehead atoms. The van der Waals surface area contributed by atoms with E-state index in [1.54, 1.807) is 13.0 Å². The van der Waals surface area contributed by atoms with E-state index in [2.05, 4.69) is 15.3 Å². The number of carbonyl (C=O) groups is 3. The summed E-state index contributed by atoms with van der Waals surface area (Å²) in [4.78, 5) is 50.9. The van der Waals surface area contributed by atoms with Crippen LogP contribution in [0.1, 0.15) is 47.4 Å². The highest BCUT2D eigenvalue weighted by atomic mass is 35.5. The first-order valence-electron chi connectivity index (χ1n) is 14.5. The highest BCUT2D eigenvalue weighted by Crippen LogP contribution is 2.42. The Balaban J connectivity index is 1.41. The third-order valence-corrected chi connectivity index (χ3v) is 8.75. The third-order valence-electron chi connectivity index (χ3n) is 8.44. The van der Waals surface area contributed by atoms with E-state index in [0.29, 0.717) is 11.8 Å². The van der Waals surface area contributed by atoms with Crippen LogP contribution in [0.25, 0.3) is 0 Å². The Kier molecular flexibility index (Phi) is 9.59. The van der Waals surface area contributed by atoms with Gasteiger partial charge >= 0.3 is 12.3 Å². The molecule has 2 amide bonds. The molecule has 1 N–H and O–H groups in total. The van der Waals surface area contributed by atoms with Gasteiger partial charge in [0.15, 0.2) is 11.5 Å². The summed E-state index contributed by atoms with van der Waals surface area (Å²) in [6.45, 7) is 2.13. The SMILES string of the molecule is CCN(C(=O)Oc1ccc(F)cc1)[C@]1(C(=O)C2CCN(C(=O)c3cnc(C(F)(F)F)cn3)CC2)CNC[C@H]1c1ccc(Cl)c(F)c1. The minimum Gasteiger partial charge on any atom is -0.410 e. The quantitative estimate of drug-likeness (QED) is 0.333. The molecule has 0 spiro atoms. The molecule has 5 rings (SSSR count). The van der Waals surface area contributed by atoms with Crippen molar-refractivity contribution in [2.24, 2.45) is 5.92 Å². The van der Waals surface area contributed by atoms with Gasteiger partial charge < -0.3 is 15.0 Å². The molecular weight excluding hydrogens is 637 g/mol. The van der Waals surface area contributed by atoms with Crippen molar-refractivity contribution < 1.29 is 41.1 Å². The number of hydrogen-bond acceptors (Lipinski definition) is 7. The van der Waals surface area contributed by atoms with Gasteiger partial charge in [0.1, 0.15) is 28.6 Å². The number of halogens is 6. The molecular formula is C31H29ClF5N5O4. The van der Waals surface area contributed by atoms with Gasteiger partial charge in [0.2, 0.25) is 0 Å². The second-order valence-electron chi connectivity index (χ2n) is 11.1. The van der Waals surface area contributed by atoms with Gasteiger partial charge in [-0.05, 0) is 61.7 Å². The lowest BCUT2D eigenvalue weighted by atomic mass is 9.71. The minimum atomic E-state index is -4.70. The van der Waals surface area contributed by atoms with Gasteiger partial charge in [0.05, 0.1) is 17.4 Å². The van der Waals surface area contributed by atoms with Gasteiger partial charge in [-0.2, -0.15) is 13.2 Å². The summed E-state index contributed by atoms with van der Waals surface area (Å²) in [6, 6.07) is 9.01. The number of amides is 2. The Morgan fingerprint density at radius 3 is 2.35 bits per heavy atom. The molecule has 3 aromatic rings. The zero-order valence-corrected chi connectivity index (χ0v) is 25.2. The standard InChI is InChI=1S/C31H29ClF5N5O4/c1-2-42(29(45)46-21-6-4-20(33)5-7-21)30(17-38-14-22(30)19-3-8-23(32)24(34)13-19)27(43)18-9-11-41(12-10-18)28(44)25-15-40-26(16-39-25)31(35,36)37/h3-8,13,15-16,18,22,38H,2,9-12,14,17H2,1H3/t22-,30+/m0/s1. The van der Waals surface area contributed by atoms with Crippen LogP contribution in [0, 0.1) is 17.6 Å². The fourth-order valence-corrected chi connectivity index (χ4v) is 6.29. The molecule has 2 aliphatic heterocycles. The van der Waals surface area contributed by atoms with E-state index < -0.39 is 52.9 Å². The Morgan fingerprint density at radius 1 is 1.07 bits per heavy atom. The molecule has 2 aliphatic rings. The highest BCUT2D eigenvalue weighted by molar-refractivity contribution is 6.30. The van der Waals surface area contributed by atoms with E-state index in [9.17, 15) is 36.3 Å². The van der Waals surface area contributed by atoms with Crippen molar-refractivity contribution >= 4 is 29.4 Å². The number of hydrogen-bond donors (Lipinski definition) is 1. The normalized spacial score (nSPS) is 20.4. The Hall–Kier alpha value is -4.17. The van der Waals surface area contributed by atoms with Gasteiger partial charge in [0, 0.05) is 44.6 Å². The van der Waals surface area contributed by atoms with Crippen LogP contribution < -0.4 is 10.1 Å². The van der Waals surface area contributed by atoms with E-state index in [-0.39, 0.29) is 67.8 Å². The van der Waals surface area contributed by atoms with Crippen LogP contribution in [-0.2, 0) is 11.0 Å². The van der Waals surface area contributed by atoms with Crippen LogP contribution in [0.3, 0.4) is 0 Å². The molecule has 0 unspecified atom stereocenters. The number of ether oxygens (including phenoxy) is 1. The molecule has 2 saturated heterocycles. The second-order valence-corrected chi connectivity index (χ2v) is 11.5. The van der Waals surface area contributed by atoms with Crippen molar-refractivity contribution in [1.82, 2.24) is 25.1 Å². The van der Waals surface area contributed by atoms with Gasteiger partial charge in [-0.3, -0.25) is 14.5 Å². The number of piperidine rings is 1. The van der Waals surface area contributed by atoms with Gasteiger partial charge in [-0.15, -0.1) is 0 Å². The molecule has 9 nitrogen and oxygen atoms in total. The monoisotopic (exact) mass is 665 g/mol. The van der Waals surface area contributed by atoms with E-state index >= 15 is 0 Å². The fourth-order valence-electron chi connectivity index (χ4n) is 6.18. The number of alkyl halides is 3. The molecule has 0 saturated carbocycles. The van der Waals surface area contributed by atoms with E-state index in [4.69, 9.17) is 16.3 Å². The van der Waals surface area contributed by atoms with E-state index in [1.807, 2.05) is 0 Å². The summed E-state index contributed by atoms with van der Waals surface area (Å²) < 4.78 is 72.3.